The number of guanidine groups is 1. The van der Waals surface area contributed by atoms with E-state index in [9.17, 15) is 8.42 Å². The molecule has 6 nitrogen and oxygen atoms in total. The molecule has 0 saturated carbocycles. The number of hydrogen-bond donors (Lipinski definition) is 1. The SMILES string of the molecule is CN(C)C(=NCc1cccc(NS(C)(=O)=O)c1)N(C)C. The van der Waals surface area contributed by atoms with E-state index >= 15 is 0 Å². The average molecular weight is 298 g/mol. The Morgan fingerprint density at radius 1 is 1.20 bits per heavy atom. The molecule has 1 aromatic carbocycles. The third kappa shape index (κ3) is 5.48. The van der Waals surface area contributed by atoms with Crippen LogP contribution in [-0.4, -0.2) is 58.6 Å². The maximum atomic E-state index is 11.2. The van der Waals surface area contributed by atoms with Gasteiger partial charge < -0.3 is 9.80 Å². The van der Waals surface area contributed by atoms with Crippen molar-refractivity contribution in [3.8, 4) is 0 Å². The summed E-state index contributed by atoms with van der Waals surface area (Å²) >= 11 is 0. The van der Waals surface area contributed by atoms with E-state index in [1.165, 1.54) is 0 Å². The normalized spacial score (nSPS) is 10.8. The molecular formula is C13H22N4O2S. The molecule has 20 heavy (non-hydrogen) atoms. The number of anilines is 1. The Hall–Kier alpha value is -1.76. The molecule has 0 spiro atoms. The predicted octanol–water partition coefficient (Wildman–Crippen LogP) is 1.04. The van der Waals surface area contributed by atoms with Gasteiger partial charge in [0.25, 0.3) is 0 Å². The predicted molar refractivity (Wildman–Crippen MR) is 83.4 cm³/mol. The molecular weight excluding hydrogens is 276 g/mol. The van der Waals surface area contributed by atoms with Gasteiger partial charge in [0.2, 0.25) is 10.0 Å². The van der Waals surface area contributed by atoms with Gasteiger partial charge in [-0.15, -0.1) is 0 Å². The van der Waals surface area contributed by atoms with E-state index in [1.54, 1.807) is 12.1 Å². The molecule has 0 fully saturated rings. The van der Waals surface area contributed by atoms with Gasteiger partial charge in [0.05, 0.1) is 12.8 Å². The van der Waals surface area contributed by atoms with Gasteiger partial charge >= 0.3 is 0 Å². The third-order valence-corrected chi connectivity index (χ3v) is 3.04. The monoisotopic (exact) mass is 298 g/mol. The minimum atomic E-state index is -3.25. The van der Waals surface area contributed by atoms with Crippen LogP contribution < -0.4 is 4.72 Å². The fourth-order valence-corrected chi connectivity index (χ4v) is 2.35. The highest BCUT2D eigenvalue weighted by Crippen LogP contribution is 2.13. The van der Waals surface area contributed by atoms with Crippen LogP contribution in [0.5, 0.6) is 0 Å². The van der Waals surface area contributed by atoms with Gasteiger partial charge in [-0.1, -0.05) is 12.1 Å². The van der Waals surface area contributed by atoms with Crippen molar-refractivity contribution in [2.75, 3.05) is 39.2 Å². The molecule has 112 valence electrons. The molecule has 1 aromatic rings. The third-order valence-electron chi connectivity index (χ3n) is 2.43. The van der Waals surface area contributed by atoms with E-state index in [0.717, 1.165) is 17.8 Å². The van der Waals surface area contributed by atoms with Crippen LogP contribution in [0, 0.1) is 0 Å². The topological polar surface area (TPSA) is 65.0 Å². The number of aliphatic imine (C=N–C) groups is 1. The Labute approximate surface area is 121 Å². The van der Waals surface area contributed by atoms with Crippen LogP contribution in [0.1, 0.15) is 5.56 Å². The molecule has 0 amide bonds. The van der Waals surface area contributed by atoms with Crippen LogP contribution in [0.25, 0.3) is 0 Å². The largest absolute Gasteiger partial charge is 0.349 e. The summed E-state index contributed by atoms with van der Waals surface area (Å²) in [5, 5.41) is 0. The Kier molecular flexibility index (Phi) is 5.38. The van der Waals surface area contributed by atoms with Crippen LogP contribution in [0.2, 0.25) is 0 Å². The van der Waals surface area contributed by atoms with E-state index in [-0.39, 0.29) is 0 Å². The zero-order chi connectivity index (χ0) is 15.3. The number of rotatable bonds is 4. The maximum Gasteiger partial charge on any atom is 0.229 e. The van der Waals surface area contributed by atoms with E-state index < -0.39 is 10.0 Å². The molecule has 0 aromatic heterocycles. The number of benzene rings is 1. The lowest BCUT2D eigenvalue weighted by atomic mass is 10.2. The summed E-state index contributed by atoms with van der Waals surface area (Å²) < 4.78 is 24.9. The van der Waals surface area contributed by atoms with Gasteiger partial charge in [-0.05, 0) is 17.7 Å². The second kappa shape index (κ2) is 6.60. The van der Waals surface area contributed by atoms with Crippen LogP contribution >= 0.6 is 0 Å². The van der Waals surface area contributed by atoms with Crippen LogP contribution in [0.15, 0.2) is 29.3 Å². The first-order valence-corrected chi connectivity index (χ1v) is 8.04. The number of sulfonamides is 1. The molecule has 0 bridgehead atoms. The quantitative estimate of drug-likeness (QED) is 0.666. The van der Waals surface area contributed by atoms with Gasteiger partial charge in [0.1, 0.15) is 0 Å². The first-order chi connectivity index (χ1) is 9.19. The van der Waals surface area contributed by atoms with Crippen molar-refractivity contribution < 1.29 is 8.42 Å². The molecule has 0 aliphatic carbocycles. The highest BCUT2D eigenvalue weighted by molar-refractivity contribution is 7.92. The first-order valence-electron chi connectivity index (χ1n) is 6.15. The van der Waals surface area contributed by atoms with Gasteiger partial charge in [-0.3, -0.25) is 4.72 Å². The van der Waals surface area contributed by atoms with Gasteiger partial charge in [0.15, 0.2) is 5.96 Å². The summed E-state index contributed by atoms with van der Waals surface area (Å²) in [4.78, 5) is 8.38. The fraction of sp³-hybridized carbons (Fsp3) is 0.462. The molecule has 0 radical (unpaired) electrons. The molecule has 1 rings (SSSR count). The van der Waals surface area contributed by atoms with Crippen LogP contribution in [0.4, 0.5) is 5.69 Å². The summed E-state index contributed by atoms with van der Waals surface area (Å²) in [6.45, 7) is 0.491. The Balaban J connectivity index is 2.88. The van der Waals surface area contributed by atoms with Crippen molar-refractivity contribution in [1.29, 1.82) is 0 Å². The Bertz CT molecular complexity index is 570. The molecule has 0 atom stereocenters. The van der Waals surface area contributed by atoms with Crippen LogP contribution in [-0.2, 0) is 16.6 Å². The van der Waals surface area contributed by atoms with Crippen molar-refractivity contribution >= 4 is 21.7 Å². The fourth-order valence-electron chi connectivity index (χ4n) is 1.79. The van der Waals surface area contributed by atoms with Gasteiger partial charge in [-0.25, -0.2) is 13.4 Å². The van der Waals surface area contributed by atoms with Crippen LogP contribution in [0.3, 0.4) is 0 Å². The Morgan fingerprint density at radius 2 is 1.80 bits per heavy atom. The van der Waals surface area contributed by atoms with Gasteiger partial charge in [-0.2, -0.15) is 0 Å². The highest BCUT2D eigenvalue weighted by Gasteiger charge is 2.05. The summed E-state index contributed by atoms with van der Waals surface area (Å²) in [7, 11) is 4.47. The lowest BCUT2D eigenvalue weighted by molar-refractivity contribution is 0.479. The Morgan fingerprint density at radius 3 is 2.30 bits per heavy atom. The molecule has 0 aliphatic heterocycles. The van der Waals surface area contributed by atoms with Crippen molar-refractivity contribution in [1.82, 2.24) is 9.80 Å². The van der Waals surface area contributed by atoms with Gasteiger partial charge in [0, 0.05) is 33.9 Å². The molecule has 0 aliphatic rings. The summed E-state index contributed by atoms with van der Waals surface area (Å²) in [5.41, 5.74) is 1.50. The van der Waals surface area contributed by atoms with Crippen molar-refractivity contribution in [3.05, 3.63) is 29.8 Å². The van der Waals surface area contributed by atoms with E-state index in [0.29, 0.717) is 12.2 Å². The van der Waals surface area contributed by atoms with Crippen molar-refractivity contribution in [2.45, 2.75) is 6.54 Å². The maximum absolute atomic E-state index is 11.2. The van der Waals surface area contributed by atoms with E-state index in [2.05, 4.69) is 9.71 Å². The first kappa shape index (κ1) is 16.3. The standard InChI is InChI=1S/C13H22N4O2S/c1-16(2)13(17(3)4)14-10-11-7-6-8-12(9-11)15-20(5,18)19/h6-9,15H,10H2,1-5H3. The molecule has 0 heterocycles. The lowest BCUT2D eigenvalue weighted by Gasteiger charge is -2.22. The summed E-state index contributed by atoms with van der Waals surface area (Å²) in [6, 6.07) is 7.23. The lowest BCUT2D eigenvalue weighted by Crippen LogP contribution is -2.35. The van der Waals surface area contributed by atoms with E-state index in [1.807, 2.05) is 50.1 Å². The second-order valence-electron chi connectivity index (χ2n) is 4.98. The van der Waals surface area contributed by atoms with Crippen molar-refractivity contribution in [2.24, 2.45) is 4.99 Å². The molecule has 0 saturated heterocycles. The number of nitrogens with one attached hydrogen (secondary N) is 1. The zero-order valence-electron chi connectivity index (χ0n) is 12.6. The highest BCUT2D eigenvalue weighted by atomic mass is 32.2. The minimum absolute atomic E-state index is 0.491. The number of hydrogen-bond acceptors (Lipinski definition) is 3. The minimum Gasteiger partial charge on any atom is -0.349 e. The second-order valence-corrected chi connectivity index (χ2v) is 6.73. The number of nitrogens with zero attached hydrogens (tertiary/aromatic N) is 3. The van der Waals surface area contributed by atoms with E-state index in [4.69, 9.17) is 0 Å². The molecule has 7 heteroatoms. The molecule has 1 N–H and O–H groups in total. The van der Waals surface area contributed by atoms with Crippen molar-refractivity contribution in [3.63, 3.8) is 0 Å². The summed E-state index contributed by atoms with van der Waals surface area (Å²) in [6.07, 6.45) is 1.13. The zero-order valence-corrected chi connectivity index (χ0v) is 13.4. The smallest absolute Gasteiger partial charge is 0.229 e. The molecule has 0 unspecified atom stereocenters. The average Bonchev–Trinajstić information content (AvgIpc) is 2.26. The summed E-state index contributed by atoms with van der Waals surface area (Å²) in [5.74, 6) is 0.853.